The number of ether oxygens (including phenoxy) is 2. The van der Waals surface area contributed by atoms with E-state index in [1.807, 2.05) is 0 Å². The van der Waals surface area contributed by atoms with Crippen molar-refractivity contribution in [3.8, 4) is 11.5 Å². The molecule has 3 atom stereocenters. The van der Waals surface area contributed by atoms with Crippen molar-refractivity contribution in [2.45, 2.75) is 42.5 Å². The molecule has 2 saturated heterocycles. The van der Waals surface area contributed by atoms with Gasteiger partial charge in [0, 0.05) is 10.3 Å². The van der Waals surface area contributed by atoms with Crippen molar-refractivity contribution in [1.29, 1.82) is 0 Å². The van der Waals surface area contributed by atoms with Gasteiger partial charge in [0.15, 0.2) is 11.5 Å². The van der Waals surface area contributed by atoms with Crippen LogP contribution >= 0.6 is 11.8 Å². The Hall–Kier alpha value is -3.08. The molecule has 0 saturated carbocycles. The van der Waals surface area contributed by atoms with Gasteiger partial charge in [-0.05, 0) is 32.0 Å². The van der Waals surface area contributed by atoms with Gasteiger partial charge in [-0.3, -0.25) is 19.2 Å². The summed E-state index contributed by atoms with van der Waals surface area (Å²) in [6.45, 7) is 3.48. The largest absolute Gasteiger partial charge is 0.480 e. The second-order valence-electron chi connectivity index (χ2n) is 7.34. The summed E-state index contributed by atoms with van der Waals surface area (Å²) in [4.78, 5) is 60.9. The molecule has 0 aliphatic carbocycles. The molecule has 1 aromatic rings. The number of aliphatic carboxylic acids is 1. The maximum absolute atomic E-state index is 12.6. The molecule has 10 nitrogen and oxygen atoms in total. The molecule has 3 aliphatic heterocycles. The molecule has 0 radical (unpaired) electrons. The smallest absolute Gasteiger partial charge is 0.327 e. The highest BCUT2D eigenvalue weighted by atomic mass is 32.2. The number of carbonyl (C=O) groups excluding carboxylic acids is 4. The molecule has 2 amide bonds. The average molecular weight is 420 g/mol. The lowest BCUT2D eigenvalue weighted by atomic mass is 9.96. The maximum atomic E-state index is 12.6. The monoisotopic (exact) mass is 420 g/mol. The van der Waals surface area contributed by atoms with E-state index in [1.54, 1.807) is 13.8 Å². The summed E-state index contributed by atoms with van der Waals surface area (Å²) in [5, 5.41) is 11.6. The molecule has 152 valence electrons. The van der Waals surface area contributed by atoms with E-state index in [0.717, 1.165) is 0 Å². The number of carboxylic acid groups (broad SMARTS) is 1. The molecule has 2 fully saturated rings. The third-order valence-corrected chi connectivity index (χ3v) is 6.48. The number of rotatable bonds is 3. The van der Waals surface area contributed by atoms with Crippen LogP contribution in [0.15, 0.2) is 18.2 Å². The van der Waals surface area contributed by atoms with Crippen molar-refractivity contribution in [1.82, 2.24) is 10.2 Å². The first-order valence-electron chi connectivity index (χ1n) is 8.67. The minimum absolute atomic E-state index is 0.0145. The SMILES string of the molecule is CC1(C)S[C@@H]2[C@H](NC(=O)c3ccc4c(c3)OC(=O)CC(=O)O4)C(=O)N2[C@H]1C(=O)O. The molecular weight excluding hydrogens is 404 g/mol. The molecule has 2 N–H and O–H groups in total. The van der Waals surface area contributed by atoms with E-state index in [0.29, 0.717) is 0 Å². The Bertz CT molecular complexity index is 975. The molecule has 29 heavy (non-hydrogen) atoms. The van der Waals surface area contributed by atoms with Gasteiger partial charge in [0.1, 0.15) is 23.9 Å². The molecule has 1 aromatic carbocycles. The van der Waals surface area contributed by atoms with Gasteiger partial charge in [-0.1, -0.05) is 0 Å². The number of nitrogens with one attached hydrogen (secondary N) is 1. The van der Waals surface area contributed by atoms with Gasteiger partial charge in [0.2, 0.25) is 5.91 Å². The van der Waals surface area contributed by atoms with Crippen LogP contribution in [0.4, 0.5) is 0 Å². The number of β-lactam (4-membered cyclic amide) rings is 1. The zero-order valence-electron chi connectivity index (χ0n) is 15.3. The molecule has 0 unspecified atom stereocenters. The Morgan fingerprint density at radius 1 is 1.17 bits per heavy atom. The minimum Gasteiger partial charge on any atom is -0.480 e. The van der Waals surface area contributed by atoms with E-state index in [1.165, 1.54) is 34.9 Å². The Morgan fingerprint density at radius 3 is 2.48 bits per heavy atom. The van der Waals surface area contributed by atoms with Crippen LogP contribution in [0.2, 0.25) is 0 Å². The number of carboxylic acids is 1. The fourth-order valence-corrected chi connectivity index (χ4v) is 5.24. The number of esters is 2. The summed E-state index contributed by atoms with van der Waals surface area (Å²) >= 11 is 1.31. The van der Waals surface area contributed by atoms with E-state index < -0.39 is 58.3 Å². The molecule has 4 rings (SSSR count). The quantitative estimate of drug-likeness (QED) is 0.303. The van der Waals surface area contributed by atoms with Crippen molar-refractivity contribution in [2.24, 2.45) is 0 Å². The van der Waals surface area contributed by atoms with Crippen LogP contribution in [0.25, 0.3) is 0 Å². The van der Waals surface area contributed by atoms with E-state index in [9.17, 15) is 29.1 Å². The molecule has 3 heterocycles. The zero-order chi connectivity index (χ0) is 21.1. The molecular formula is C18H16N2O8S. The van der Waals surface area contributed by atoms with Crippen molar-refractivity contribution in [2.75, 3.05) is 0 Å². The highest BCUT2D eigenvalue weighted by Crippen LogP contribution is 2.50. The summed E-state index contributed by atoms with van der Waals surface area (Å²) in [6.07, 6.45) is -0.540. The van der Waals surface area contributed by atoms with Crippen molar-refractivity contribution in [3.63, 3.8) is 0 Å². The maximum Gasteiger partial charge on any atom is 0.327 e. The third kappa shape index (κ3) is 3.11. The second kappa shape index (κ2) is 6.48. The number of thioether (sulfide) groups is 1. The lowest BCUT2D eigenvalue weighted by Crippen LogP contribution is -2.70. The second-order valence-corrected chi connectivity index (χ2v) is 9.11. The van der Waals surface area contributed by atoms with E-state index >= 15 is 0 Å². The van der Waals surface area contributed by atoms with Gasteiger partial charge in [-0.2, -0.15) is 0 Å². The van der Waals surface area contributed by atoms with Crippen LogP contribution in [-0.4, -0.2) is 61.9 Å². The molecule has 0 bridgehead atoms. The first-order chi connectivity index (χ1) is 13.6. The zero-order valence-corrected chi connectivity index (χ0v) is 16.1. The number of amides is 2. The van der Waals surface area contributed by atoms with Gasteiger partial charge in [-0.15, -0.1) is 11.8 Å². The van der Waals surface area contributed by atoms with Crippen LogP contribution in [0, 0.1) is 0 Å². The average Bonchev–Trinajstić information content (AvgIpc) is 2.78. The van der Waals surface area contributed by atoms with Crippen molar-refractivity contribution >= 4 is 41.5 Å². The third-order valence-electron chi connectivity index (χ3n) is 4.90. The van der Waals surface area contributed by atoms with Crippen molar-refractivity contribution in [3.05, 3.63) is 23.8 Å². The first-order valence-corrected chi connectivity index (χ1v) is 9.55. The predicted molar refractivity (Wildman–Crippen MR) is 97.3 cm³/mol. The van der Waals surface area contributed by atoms with Crippen LogP contribution in [0.5, 0.6) is 11.5 Å². The van der Waals surface area contributed by atoms with Gasteiger partial charge in [-0.25, -0.2) is 4.79 Å². The number of hydrogen-bond donors (Lipinski definition) is 2. The van der Waals surface area contributed by atoms with Gasteiger partial charge in [0.25, 0.3) is 5.91 Å². The summed E-state index contributed by atoms with van der Waals surface area (Å²) in [7, 11) is 0. The summed E-state index contributed by atoms with van der Waals surface area (Å²) in [5.74, 6) is -3.79. The fourth-order valence-electron chi connectivity index (χ4n) is 3.62. The van der Waals surface area contributed by atoms with E-state index in [-0.39, 0.29) is 17.1 Å². The minimum atomic E-state index is -1.09. The molecule has 11 heteroatoms. The van der Waals surface area contributed by atoms with E-state index in [2.05, 4.69) is 5.32 Å². The topological polar surface area (TPSA) is 139 Å². The Balaban J connectivity index is 1.51. The lowest BCUT2D eigenvalue weighted by molar-refractivity contribution is -0.159. The molecule has 0 spiro atoms. The van der Waals surface area contributed by atoms with Crippen molar-refractivity contribution < 1.29 is 38.6 Å². The fraction of sp³-hybridized carbons (Fsp3) is 0.389. The number of benzene rings is 1. The predicted octanol–water partition coefficient (Wildman–Crippen LogP) is 0.146. The van der Waals surface area contributed by atoms with Gasteiger partial charge >= 0.3 is 17.9 Å². The van der Waals surface area contributed by atoms with Crippen LogP contribution < -0.4 is 14.8 Å². The van der Waals surface area contributed by atoms with Gasteiger partial charge < -0.3 is 24.8 Å². The summed E-state index contributed by atoms with van der Waals surface area (Å²) < 4.78 is 9.28. The van der Waals surface area contributed by atoms with E-state index in [4.69, 9.17) is 9.47 Å². The highest BCUT2D eigenvalue weighted by Gasteiger charge is 2.64. The summed E-state index contributed by atoms with van der Waals surface area (Å²) in [5.41, 5.74) is 0.0952. The Labute approximate surface area is 168 Å². The van der Waals surface area contributed by atoms with Crippen LogP contribution in [-0.2, 0) is 19.2 Å². The number of nitrogens with zero attached hydrogens (tertiary/aromatic N) is 1. The Morgan fingerprint density at radius 2 is 1.83 bits per heavy atom. The van der Waals surface area contributed by atoms with Crippen LogP contribution in [0.3, 0.4) is 0 Å². The highest BCUT2D eigenvalue weighted by molar-refractivity contribution is 8.01. The number of hydrogen-bond acceptors (Lipinski definition) is 8. The number of carbonyl (C=O) groups is 5. The van der Waals surface area contributed by atoms with Crippen LogP contribution in [0.1, 0.15) is 30.6 Å². The lowest BCUT2D eigenvalue weighted by Gasteiger charge is -2.43. The number of fused-ring (bicyclic) bond motifs is 2. The standard InChI is InChI=1S/C18H16N2O8S/c1-18(2)13(17(25)26)20-15(24)12(16(20)29-18)19-14(23)7-3-4-8-9(5-7)28-11(22)6-10(21)27-8/h3-5,12-13,16H,6H2,1-2H3,(H,19,23)(H,25,26)/t12-,13+,16-/m1/s1. The molecule has 3 aliphatic rings. The normalized spacial score (nSPS) is 27.0. The Kier molecular flexibility index (Phi) is 4.30. The first kappa shape index (κ1) is 19.2. The van der Waals surface area contributed by atoms with Gasteiger partial charge in [0.05, 0.1) is 0 Å². The summed E-state index contributed by atoms with van der Waals surface area (Å²) in [6, 6.07) is 2.10. The molecule has 0 aromatic heterocycles.